The molecule has 0 unspecified atom stereocenters. The fraction of sp³-hybridized carbons (Fsp3) is 0.462. The molecule has 1 aromatic carbocycles. The molecule has 0 aliphatic carbocycles. The maximum Gasteiger partial charge on any atom is 0.319 e. The Balaban J connectivity index is 2.67. The zero-order chi connectivity index (χ0) is 13.8. The van der Waals surface area contributed by atoms with Gasteiger partial charge in [0.2, 0.25) is 0 Å². The van der Waals surface area contributed by atoms with Crippen molar-refractivity contribution in [3.8, 4) is 0 Å². The molecule has 100 valence electrons. The standard InChI is InChI=1S/C13H19BrN2O2/c1-9-4-5-10(14)11(8-9)15-12(18)16-13(2,3)6-7-17/h4-5,8,17H,6-7H2,1-3H3,(H2,15,16,18). The maximum atomic E-state index is 11.8. The monoisotopic (exact) mass is 314 g/mol. The van der Waals surface area contributed by atoms with Gasteiger partial charge in [-0.3, -0.25) is 0 Å². The van der Waals surface area contributed by atoms with Crippen LogP contribution in [0.2, 0.25) is 0 Å². The second-order valence-corrected chi connectivity index (χ2v) is 5.77. The summed E-state index contributed by atoms with van der Waals surface area (Å²) in [6.07, 6.45) is 0.509. The van der Waals surface area contributed by atoms with Crippen molar-refractivity contribution in [1.29, 1.82) is 0 Å². The fourth-order valence-corrected chi connectivity index (χ4v) is 1.88. The highest BCUT2D eigenvalue weighted by molar-refractivity contribution is 9.10. The Kier molecular flexibility index (Phi) is 5.16. The normalized spacial score (nSPS) is 11.2. The van der Waals surface area contributed by atoms with Gasteiger partial charge in [0.05, 0.1) is 5.69 Å². The van der Waals surface area contributed by atoms with Gasteiger partial charge in [0.25, 0.3) is 0 Å². The van der Waals surface area contributed by atoms with Crippen molar-refractivity contribution in [2.45, 2.75) is 32.7 Å². The SMILES string of the molecule is Cc1ccc(Br)c(NC(=O)NC(C)(C)CCO)c1. The third-order valence-corrected chi connectivity index (χ3v) is 3.25. The minimum atomic E-state index is -0.435. The number of halogens is 1. The van der Waals surface area contributed by atoms with E-state index < -0.39 is 5.54 Å². The van der Waals surface area contributed by atoms with Gasteiger partial charge < -0.3 is 15.7 Å². The van der Waals surface area contributed by atoms with Crippen molar-refractivity contribution in [1.82, 2.24) is 5.32 Å². The number of hydrogen-bond acceptors (Lipinski definition) is 2. The number of aryl methyl sites for hydroxylation is 1. The molecular formula is C13H19BrN2O2. The Morgan fingerprint density at radius 2 is 2.11 bits per heavy atom. The van der Waals surface area contributed by atoms with E-state index >= 15 is 0 Å². The molecule has 1 aromatic rings. The highest BCUT2D eigenvalue weighted by atomic mass is 79.9. The van der Waals surface area contributed by atoms with Crippen LogP contribution in [0, 0.1) is 6.92 Å². The first kappa shape index (κ1) is 15.0. The molecule has 0 fully saturated rings. The largest absolute Gasteiger partial charge is 0.396 e. The van der Waals surface area contributed by atoms with Crippen LogP contribution in [0.25, 0.3) is 0 Å². The second-order valence-electron chi connectivity index (χ2n) is 4.92. The van der Waals surface area contributed by atoms with Crippen molar-refractivity contribution in [3.05, 3.63) is 28.2 Å². The van der Waals surface area contributed by atoms with Gasteiger partial charge in [-0.2, -0.15) is 0 Å². The van der Waals surface area contributed by atoms with E-state index in [-0.39, 0.29) is 12.6 Å². The highest BCUT2D eigenvalue weighted by Crippen LogP contribution is 2.23. The maximum absolute atomic E-state index is 11.8. The van der Waals surface area contributed by atoms with E-state index in [1.807, 2.05) is 39.0 Å². The first-order valence-electron chi connectivity index (χ1n) is 5.80. The summed E-state index contributed by atoms with van der Waals surface area (Å²) < 4.78 is 0.836. The Morgan fingerprint density at radius 3 is 2.72 bits per heavy atom. The van der Waals surface area contributed by atoms with Crippen LogP contribution in [0.1, 0.15) is 25.8 Å². The van der Waals surface area contributed by atoms with Crippen LogP contribution in [0.5, 0.6) is 0 Å². The van der Waals surface area contributed by atoms with E-state index in [1.54, 1.807) is 0 Å². The molecular weight excluding hydrogens is 296 g/mol. The predicted molar refractivity (Wildman–Crippen MR) is 76.8 cm³/mol. The topological polar surface area (TPSA) is 61.4 Å². The van der Waals surface area contributed by atoms with Gasteiger partial charge in [-0.15, -0.1) is 0 Å². The molecule has 0 radical (unpaired) electrons. The van der Waals surface area contributed by atoms with Gasteiger partial charge in [0, 0.05) is 16.6 Å². The number of carbonyl (C=O) groups is 1. The number of hydrogen-bond donors (Lipinski definition) is 3. The average Bonchev–Trinajstić information content (AvgIpc) is 2.22. The Labute approximate surface area is 116 Å². The molecule has 0 bridgehead atoms. The summed E-state index contributed by atoms with van der Waals surface area (Å²) >= 11 is 3.39. The minimum Gasteiger partial charge on any atom is -0.396 e. The van der Waals surface area contributed by atoms with Crippen LogP contribution in [-0.4, -0.2) is 23.3 Å². The Bertz CT molecular complexity index is 433. The summed E-state index contributed by atoms with van der Waals surface area (Å²) in [6.45, 7) is 5.74. The molecule has 1 rings (SSSR count). The van der Waals surface area contributed by atoms with Crippen molar-refractivity contribution in [2.24, 2.45) is 0 Å². The number of urea groups is 1. The zero-order valence-electron chi connectivity index (χ0n) is 10.9. The summed E-state index contributed by atoms with van der Waals surface area (Å²) in [6, 6.07) is 5.47. The first-order valence-corrected chi connectivity index (χ1v) is 6.59. The summed E-state index contributed by atoms with van der Waals surface area (Å²) in [5, 5.41) is 14.5. The lowest BCUT2D eigenvalue weighted by atomic mass is 10.0. The van der Waals surface area contributed by atoms with Crippen molar-refractivity contribution < 1.29 is 9.90 Å². The van der Waals surface area contributed by atoms with Crippen LogP contribution < -0.4 is 10.6 Å². The number of nitrogens with one attached hydrogen (secondary N) is 2. The average molecular weight is 315 g/mol. The van der Waals surface area contributed by atoms with E-state index in [0.717, 1.165) is 15.7 Å². The van der Waals surface area contributed by atoms with Crippen LogP contribution >= 0.6 is 15.9 Å². The van der Waals surface area contributed by atoms with E-state index in [0.29, 0.717) is 6.42 Å². The van der Waals surface area contributed by atoms with Gasteiger partial charge >= 0.3 is 6.03 Å². The number of anilines is 1. The van der Waals surface area contributed by atoms with Crippen LogP contribution in [0.3, 0.4) is 0 Å². The van der Waals surface area contributed by atoms with E-state index in [9.17, 15) is 4.79 Å². The fourth-order valence-electron chi connectivity index (χ4n) is 1.54. The number of carbonyl (C=O) groups excluding carboxylic acids is 1. The van der Waals surface area contributed by atoms with E-state index in [2.05, 4.69) is 26.6 Å². The molecule has 0 spiro atoms. The van der Waals surface area contributed by atoms with Crippen molar-refractivity contribution in [3.63, 3.8) is 0 Å². The lowest BCUT2D eigenvalue weighted by molar-refractivity contribution is 0.218. The smallest absolute Gasteiger partial charge is 0.319 e. The number of benzene rings is 1. The van der Waals surface area contributed by atoms with Gasteiger partial charge in [-0.25, -0.2) is 4.79 Å². The Hall–Kier alpha value is -1.07. The van der Waals surface area contributed by atoms with Gasteiger partial charge in [0.1, 0.15) is 0 Å². The lowest BCUT2D eigenvalue weighted by Gasteiger charge is -2.25. The van der Waals surface area contributed by atoms with Crippen LogP contribution in [-0.2, 0) is 0 Å². The summed E-state index contributed by atoms with van der Waals surface area (Å²) in [7, 11) is 0. The van der Waals surface area contributed by atoms with Crippen molar-refractivity contribution >= 4 is 27.6 Å². The summed E-state index contributed by atoms with van der Waals surface area (Å²) in [5.41, 5.74) is 1.37. The third kappa shape index (κ3) is 4.66. The molecule has 0 aromatic heterocycles. The van der Waals surface area contributed by atoms with Gasteiger partial charge in [-0.05, 0) is 60.8 Å². The van der Waals surface area contributed by atoms with E-state index in [4.69, 9.17) is 5.11 Å². The molecule has 0 heterocycles. The molecule has 2 amide bonds. The molecule has 0 aliphatic heterocycles. The molecule has 0 aliphatic rings. The quantitative estimate of drug-likeness (QED) is 0.800. The molecule has 0 saturated heterocycles. The Morgan fingerprint density at radius 1 is 1.44 bits per heavy atom. The van der Waals surface area contributed by atoms with Crippen LogP contribution in [0.4, 0.5) is 10.5 Å². The lowest BCUT2D eigenvalue weighted by Crippen LogP contribution is -2.46. The zero-order valence-corrected chi connectivity index (χ0v) is 12.5. The number of aliphatic hydroxyl groups excluding tert-OH is 1. The van der Waals surface area contributed by atoms with Gasteiger partial charge in [0.15, 0.2) is 0 Å². The molecule has 3 N–H and O–H groups in total. The highest BCUT2D eigenvalue weighted by Gasteiger charge is 2.19. The molecule has 5 heteroatoms. The summed E-state index contributed by atoms with van der Waals surface area (Å²) in [4.78, 5) is 11.8. The second kappa shape index (κ2) is 6.20. The minimum absolute atomic E-state index is 0.0431. The molecule has 0 saturated carbocycles. The molecule has 4 nitrogen and oxygen atoms in total. The number of amides is 2. The number of rotatable bonds is 4. The van der Waals surface area contributed by atoms with E-state index in [1.165, 1.54) is 0 Å². The predicted octanol–water partition coefficient (Wildman–Crippen LogP) is 3.04. The van der Waals surface area contributed by atoms with Crippen molar-refractivity contribution in [2.75, 3.05) is 11.9 Å². The number of aliphatic hydroxyl groups is 1. The van der Waals surface area contributed by atoms with Crippen LogP contribution in [0.15, 0.2) is 22.7 Å². The third-order valence-electron chi connectivity index (χ3n) is 2.56. The molecule has 18 heavy (non-hydrogen) atoms. The molecule has 0 atom stereocenters. The summed E-state index contributed by atoms with van der Waals surface area (Å²) in [5.74, 6) is 0. The van der Waals surface area contributed by atoms with Gasteiger partial charge in [-0.1, -0.05) is 6.07 Å². The first-order chi connectivity index (χ1) is 8.34.